The molecule has 0 aromatic rings. The standard InChI is InChI=1S/C15H28O13/c16-1-5(18)3-25-14-13(24)11(22)9(20)7(28-14)4-26-15-12(23)10(21)8(19)6(2-17)27-15/h5-24H,1-4H2/t5?,6-,7-,8-,9-,10+,11+,12-,13-,14+,15+/m1/s1. The van der Waals surface area contributed by atoms with E-state index in [2.05, 4.69) is 0 Å². The second-order valence-corrected chi connectivity index (χ2v) is 6.72. The molecule has 2 rings (SSSR count). The molecule has 0 aromatic heterocycles. The Labute approximate surface area is 159 Å². The highest BCUT2D eigenvalue weighted by molar-refractivity contribution is 4.91. The Hall–Kier alpha value is -0.520. The van der Waals surface area contributed by atoms with Gasteiger partial charge in [-0.3, -0.25) is 0 Å². The summed E-state index contributed by atoms with van der Waals surface area (Å²) in [5.41, 5.74) is 0. The van der Waals surface area contributed by atoms with Gasteiger partial charge in [-0.05, 0) is 0 Å². The average Bonchev–Trinajstić information content (AvgIpc) is 2.70. The van der Waals surface area contributed by atoms with Crippen molar-refractivity contribution in [1.82, 2.24) is 0 Å². The summed E-state index contributed by atoms with van der Waals surface area (Å²) in [7, 11) is 0. The quantitative estimate of drug-likeness (QED) is 0.180. The summed E-state index contributed by atoms with van der Waals surface area (Å²) in [6.45, 7) is -2.16. The molecule has 11 atom stereocenters. The Morgan fingerprint density at radius 3 is 1.71 bits per heavy atom. The third-order valence-electron chi connectivity index (χ3n) is 4.61. The Morgan fingerprint density at radius 2 is 1.18 bits per heavy atom. The van der Waals surface area contributed by atoms with E-state index in [1.54, 1.807) is 0 Å². The normalized spacial score (nSPS) is 45.8. The lowest BCUT2D eigenvalue weighted by molar-refractivity contribution is -0.332. The molecule has 0 aromatic carbocycles. The topological polar surface area (TPSA) is 219 Å². The molecular weight excluding hydrogens is 388 g/mol. The van der Waals surface area contributed by atoms with Crippen molar-refractivity contribution in [2.45, 2.75) is 67.5 Å². The highest BCUT2D eigenvalue weighted by Crippen LogP contribution is 2.25. The van der Waals surface area contributed by atoms with Crippen LogP contribution in [-0.2, 0) is 18.9 Å². The van der Waals surface area contributed by atoms with Gasteiger partial charge >= 0.3 is 0 Å². The number of hydrogen-bond donors (Lipinski definition) is 9. The Kier molecular flexibility index (Phi) is 8.90. The van der Waals surface area contributed by atoms with Crippen LogP contribution in [0.3, 0.4) is 0 Å². The van der Waals surface area contributed by atoms with Gasteiger partial charge in [0.05, 0.1) is 26.4 Å². The summed E-state index contributed by atoms with van der Waals surface area (Å²) in [5, 5.41) is 86.5. The SMILES string of the molecule is OCC(O)CO[C@H]1O[C@H](CO[C@H]2O[C@H](CO)[C@@H](O)[C@H](O)[C@H]2O)[C@@H](O)[C@H](O)[C@H]1O. The number of ether oxygens (including phenoxy) is 4. The molecule has 0 spiro atoms. The van der Waals surface area contributed by atoms with E-state index in [1.807, 2.05) is 0 Å². The molecule has 2 aliphatic rings. The molecule has 28 heavy (non-hydrogen) atoms. The predicted octanol–water partition coefficient (Wildman–Crippen LogP) is -6.02. The lowest BCUT2D eigenvalue weighted by atomic mass is 9.98. The minimum Gasteiger partial charge on any atom is -0.394 e. The summed E-state index contributed by atoms with van der Waals surface area (Å²) in [5.74, 6) is 0. The third-order valence-corrected chi connectivity index (χ3v) is 4.61. The number of rotatable bonds is 8. The number of aliphatic hydroxyl groups excluding tert-OH is 9. The summed E-state index contributed by atoms with van der Waals surface area (Å²) < 4.78 is 20.8. The van der Waals surface area contributed by atoms with Gasteiger partial charge in [0.15, 0.2) is 12.6 Å². The van der Waals surface area contributed by atoms with Gasteiger partial charge in [-0.15, -0.1) is 0 Å². The molecule has 0 aliphatic carbocycles. The van der Waals surface area contributed by atoms with Crippen molar-refractivity contribution in [3.63, 3.8) is 0 Å². The van der Waals surface area contributed by atoms with Gasteiger partial charge in [-0.1, -0.05) is 0 Å². The summed E-state index contributed by atoms with van der Waals surface area (Å²) in [4.78, 5) is 0. The second-order valence-electron chi connectivity index (χ2n) is 6.72. The lowest BCUT2D eigenvalue weighted by Crippen LogP contribution is -2.61. The van der Waals surface area contributed by atoms with Gasteiger partial charge in [0.25, 0.3) is 0 Å². The van der Waals surface area contributed by atoms with E-state index in [1.165, 1.54) is 0 Å². The van der Waals surface area contributed by atoms with Gasteiger partial charge in [-0.25, -0.2) is 0 Å². The van der Waals surface area contributed by atoms with Crippen LogP contribution in [0.4, 0.5) is 0 Å². The molecule has 2 heterocycles. The van der Waals surface area contributed by atoms with E-state index in [0.717, 1.165) is 0 Å². The maximum atomic E-state index is 10.0. The molecule has 0 saturated carbocycles. The summed E-state index contributed by atoms with van der Waals surface area (Å²) in [6, 6.07) is 0. The van der Waals surface area contributed by atoms with E-state index in [0.29, 0.717) is 0 Å². The minimum absolute atomic E-state index is 0.415. The average molecular weight is 416 g/mol. The first-order chi connectivity index (χ1) is 13.2. The molecular formula is C15H28O13. The highest BCUT2D eigenvalue weighted by atomic mass is 16.7. The van der Waals surface area contributed by atoms with Gasteiger partial charge in [0, 0.05) is 0 Å². The fraction of sp³-hybridized carbons (Fsp3) is 1.00. The smallest absolute Gasteiger partial charge is 0.186 e. The highest BCUT2D eigenvalue weighted by Gasteiger charge is 2.47. The maximum Gasteiger partial charge on any atom is 0.186 e. The molecule has 13 nitrogen and oxygen atoms in total. The Morgan fingerprint density at radius 1 is 0.679 bits per heavy atom. The van der Waals surface area contributed by atoms with Gasteiger partial charge in [0.2, 0.25) is 0 Å². The van der Waals surface area contributed by atoms with Crippen LogP contribution in [0.2, 0.25) is 0 Å². The van der Waals surface area contributed by atoms with Crippen molar-refractivity contribution in [1.29, 1.82) is 0 Å². The number of aliphatic hydroxyl groups is 9. The van der Waals surface area contributed by atoms with E-state index < -0.39 is 93.9 Å². The van der Waals surface area contributed by atoms with Crippen LogP contribution in [0.5, 0.6) is 0 Å². The molecule has 2 aliphatic heterocycles. The fourth-order valence-electron chi connectivity index (χ4n) is 2.85. The van der Waals surface area contributed by atoms with Crippen molar-refractivity contribution >= 4 is 0 Å². The van der Waals surface area contributed by atoms with Gasteiger partial charge in [0.1, 0.15) is 54.9 Å². The molecule has 2 fully saturated rings. The molecule has 1 unspecified atom stereocenters. The molecule has 2 saturated heterocycles. The largest absolute Gasteiger partial charge is 0.394 e. The fourth-order valence-corrected chi connectivity index (χ4v) is 2.85. The van der Waals surface area contributed by atoms with Crippen LogP contribution in [0, 0.1) is 0 Å². The van der Waals surface area contributed by atoms with Crippen LogP contribution >= 0.6 is 0 Å². The van der Waals surface area contributed by atoms with Crippen LogP contribution in [0.1, 0.15) is 0 Å². The first-order valence-corrected chi connectivity index (χ1v) is 8.73. The monoisotopic (exact) mass is 416 g/mol. The van der Waals surface area contributed by atoms with Crippen molar-refractivity contribution < 1.29 is 64.9 Å². The zero-order valence-electron chi connectivity index (χ0n) is 14.8. The van der Waals surface area contributed by atoms with Crippen LogP contribution in [0.25, 0.3) is 0 Å². The van der Waals surface area contributed by atoms with Crippen molar-refractivity contribution in [2.24, 2.45) is 0 Å². The van der Waals surface area contributed by atoms with Crippen molar-refractivity contribution in [2.75, 3.05) is 26.4 Å². The third kappa shape index (κ3) is 5.34. The molecule has 13 heteroatoms. The summed E-state index contributed by atoms with van der Waals surface area (Å²) >= 11 is 0. The van der Waals surface area contributed by atoms with Gasteiger partial charge < -0.3 is 64.9 Å². The van der Waals surface area contributed by atoms with Crippen LogP contribution in [-0.4, -0.2) is 140 Å². The van der Waals surface area contributed by atoms with Crippen LogP contribution in [0.15, 0.2) is 0 Å². The first-order valence-electron chi connectivity index (χ1n) is 8.73. The van der Waals surface area contributed by atoms with E-state index >= 15 is 0 Å². The van der Waals surface area contributed by atoms with E-state index in [4.69, 9.17) is 29.2 Å². The molecule has 0 radical (unpaired) electrons. The predicted molar refractivity (Wildman–Crippen MR) is 85.4 cm³/mol. The zero-order valence-corrected chi connectivity index (χ0v) is 14.8. The molecule has 9 N–H and O–H groups in total. The van der Waals surface area contributed by atoms with Crippen LogP contribution < -0.4 is 0 Å². The van der Waals surface area contributed by atoms with E-state index in [9.17, 15) is 35.7 Å². The van der Waals surface area contributed by atoms with E-state index in [-0.39, 0.29) is 0 Å². The minimum atomic E-state index is -1.69. The molecule has 166 valence electrons. The summed E-state index contributed by atoms with van der Waals surface area (Å²) in [6.07, 6.45) is -16.5. The Bertz CT molecular complexity index is 465. The molecule has 0 bridgehead atoms. The van der Waals surface area contributed by atoms with Crippen molar-refractivity contribution in [3.05, 3.63) is 0 Å². The van der Waals surface area contributed by atoms with Gasteiger partial charge in [-0.2, -0.15) is 0 Å². The zero-order chi connectivity index (χ0) is 21.0. The first kappa shape index (κ1) is 23.8. The maximum absolute atomic E-state index is 10.0. The second kappa shape index (κ2) is 10.5. The molecule has 0 amide bonds. The lowest BCUT2D eigenvalue weighted by Gasteiger charge is -2.42. The number of hydrogen-bond acceptors (Lipinski definition) is 13. The van der Waals surface area contributed by atoms with Crippen molar-refractivity contribution in [3.8, 4) is 0 Å². The Balaban J connectivity index is 1.95.